The van der Waals surface area contributed by atoms with Crippen molar-refractivity contribution in [2.45, 2.75) is 12.5 Å². The van der Waals surface area contributed by atoms with E-state index < -0.39 is 12.0 Å². The third-order valence-electron chi connectivity index (χ3n) is 4.50. The van der Waals surface area contributed by atoms with Gasteiger partial charge in [-0.3, -0.25) is 4.79 Å². The number of aromatic amines is 1. The summed E-state index contributed by atoms with van der Waals surface area (Å²) in [4.78, 5) is 29.7. The van der Waals surface area contributed by atoms with E-state index in [0.29, 0.717) is 6.42 Å². The van der Waals surface area contributed by atoms with Crippen molar-refractivity contribution in [1.29, 1.82) is 0 Å². The van der Waals surface area contributed by atoms with E-state index in [2.05, 4.69) is 10.3 Å². The van der Waals surface area contributed by atoms with E-state index in [-0.39, 0.29) is 12.5 Å². The van der Waals surface area contributed by atoms with Gasteiger partial charge in [0.25, 0.3) is 0 Å². The maximum Gasteiger partial charge on any atom is 0.328 e. The lowest BCUT2D eigenvalue weighted by molar-refractivity contribution is -0.144. The molecule has 3 aromatic rings. The average Bonchev–Trinajstić information content (AvgIpc) is 3.10. The van der Waals surface area contributed by atoms with Crippen LogP contribution in [0.4, 0.5) is 5.69 Å². The number of nitrogens with zero attached hydrogens (tertiary/aromatic N) is 1. The van der Waals surface area contributed by atoms with Gasteiger partial charge in [0.15, 0.2) is 0 Å². The molecule has 0 spiro atoms. The van der Waals surface area contributed by atoms with Crippen LogP contribution >= 0.6 is 0 Å². The summed E-state index contributed by atoms with van der Waals surface area (Å²) in [5, 5.41) is 3.83. The van der Waals surface area contributed by atoms with Crippen LogP contribution in [0.15, 0.2) is 60.8 Å². The summed E-state index contributed by atoms with van der Waals surface area (Å²) >= 11 is 0. The number of para-hydroxylation sites is 2. The van der Waals surface area contributed by atoms with Crippen molar-refractivity contribution in [2.24, 2.45) is 0 Å². The molecule has 0 aliphatic carbocycles. The number of likely N-dealkylation sites (N-methyl/N-ethyl adjacent to an activating group) is 1. The first kappa shape index (κ1) is 18.5. The highest BCUT2D eigenvalue weighted by Gasteiger charge is 2.23. The molecular weight excluding hydrogens is 342 g/mol. The summed E-state index contributed by atoms with van der Waals surface area (Å²) in [7, 11) is 3.16. The fraction of sp³-hybridized carbons (Fsp3) is 0.238. The highest BCUT2D eigenvalue weighted by Crippen LogP contribution is 2.19. The molecule has 0 fully saturated rings. The monoisotopic (exact) mass is 365 g/mol. The first-order valence-corrected chi connectivity index (χ1v) is 8.77. The zero-order chi connectivity index (χ0) is 19.2. The predicted molar refractivity (Wildman–Crippen MR) is 106 cm³/mol. The Morgan fingerprint density at radius 1 is 1.11 bits per heavy atom. The number of H-pyrrole nitrogens is 1. The number of esters is 1. The normalized spacial score (nSPS) is 11.8. The molecule has 140 valence electrons. The van der Waals surface area contributed by atoms with Gasteiger partial charge in [0.05, 0.1) is 13.7 Å². The van der Waals surface area contributed by atoms with E-state index in [1.807, 2.05) is 72.7 Å². The van der Waals surface area contributed by atoms with E-state index in [9.17, 15) is 9.59 Å². The molecule has 0 aliphatic heterocycles. The molecule has 1 unspecified atom stereocenters. The Balaban J connectivity index is 1.69. The van der Waals surface area contributed by atoms with Crippen molar-refractivity contribution < 1.29 is 14.3 Å². The van der Waals surface area contributed by atoms with Gasteiger partial charge in [-0.1, -0.05) is 36.4 Å². The quantitative estimate of drug-likeness (QED) is 0.631. The minimum Gasteiger partial charge on any atom is -0.467 e. The Bertz CT molecular complexity index is 921. The van der Waals surface area contributed by atoms with Crippen molar-refractivity contribution >= 4 is 28.5 Å². The molecule has 0 radical (unpaired) electrons. The van der Waals surface area contributed by atoms with Gasteiger partial charge in [0, 0.05) is 36.3 Å². The van der Waals surface area contributed by atoms with Gasteiger partial charge in [-0.15, -0.1) is 0 Å². The number of anilines is 1. The van der Waals surface area contributed by atoms with Crippen LogP contribution in [-0.4, -0.2) is 43.6 Å². The molecule has 0 saturated heterocycles. The minimum absolute atomic E-state index is 0.144. The lowest BCUT2D eigenvalue weighted by atomic mass is 10.0. The fourth-order valence-corrected chi connectivity index (χ4v) is 3.09. The fourth-order valence-electron chi connectivity index (χ4n) is 3.09. The molecular formula is C21H23N3O3. The van der Waals surface area contributed by atoms with Crippen molar-refractivity contribution in [3.05, 3.63) is 66.4 Å². The third kappa shape index (κ3) is 4.47. The maximum absolute atomic E-state index is 12.5. The molecule has 6 nitrogen and oxygen atoms in total. The second kappa shape index (κ2) is 8.40. The van der Waals surface area contributed by atoms with E-state index in [1.165, 1.54) is 7.11 Å². The van der Waals surface area contributed by atoms with Gasteiger partial charge >= 0.3 is 5.97 Å². The number of nitrogens with one attached hydrogen (secondary N) is 2. The van der Waals surface area contributed by atoms with Crippen LogP contribution in [0.3, 0.4) is 0 Å². The van der Waals surface area contributed by atoms with Gasteiger partial charge in [0.1, 0.15) is 6.04 Å². The summed E-state index contributed by atoms with van der Waals surface area (Å²) in [5.74, 6) is -0.701. The second-order valence-electron chi connectivity index (χ2n) is 6.40. The number of amides is 1. The van der Waals surface area contributed by atoms with Gasteiger partial charge < -0.3 is 19.9 Å². The number of benzene rings is 2. The molecule has 27 heavy (non-hydrogen) atoms. The number of ether oxygens (including phenoxy) is 1. The third-order valence-corrected chi connectivity index (χ3v) is 4.50. The lowest BCUT2D eigenvalue weighted by Crippen LogP contribution is -2.46. The summed E-state index contributed by atoms with van der Waals surface area (Å²) < 4.78 is 4.89. The van der Waals surface area contributed by atoms with E-state index >= 15 is 0 Å². The zero-order valence-electron chi connectivity index (χ0n) is 15.4. The second-order valence-corrected chi connectivity index (χ2v) is 6.40. The summed E-state index contributed by atoms with van der Waals surface area (Å²) in [6.07, 6.45) is 2.22. The summed E-state index contributed by atoms with van der Waals surface area (Å²) in [5.41, 5.74) is 2.88. The lowest BCUT2D eigenvalue weighted by Gasteiger charge is -2.21. The van der Waals surface area contributed by atoms with Crippen LogP contribution in [0.1, 0.15) is 5.56 Å². The Hall–Kier alpha value is -3.28. The first-order valence-electron chi connectivity index (χ1n) is 8.77. The average molecular weight is 365 g/mol. The Morgan fingerprint density at radius 2 is 1.81 bits per heavy atom. The van der Waals surface area contributed by atoms with Gasteiger partial charge in [0.2, 0.25) is 5.91 Å². The Morgan fingerprint density at radius 3 is 2.56 bits per heavy atom. The number of aromatic nitrogens is 1. The van der Waals surface area contributed by atoms with Crippen LogP contribution in [-0.2, 0) is 20.7 Å². The molecule has 0 aliphatic rings. The largest absolute Gasteiger partial charge is 0.467 e. The molecule has 1 atom stereocenters. The maximum atomic E-state index is 12.5. The number of fused-ring (bicyclic) bond motifs is 1. The predicted octanol–water partition coefficient (Wildman–Crippen LogP) is 2.50. The topological polar surface area (TPSA) is 74.4 Å². The highest BCUT2D eigenvalue weighted by molar-refractivity contribution is 5.88. The van der Waals surface area contributed by atoms with Gasteiger partial charge in [-0.2, -0.15) is 0 Å². The molecule has 0 saturated carbocycles. The number of hydrogen-bond donors (Lipinski definition) is 2. The SMILES string of the molecule is COC(=O)C(Cc1c[nH]c2ccccc12)NC(=O)CN(C)c1ccccc1. The number of rotatable bonds is 7. The zero-order valence-corrected chi connectivity index (χ0v) is 15.4. The van der Waals surface area contributed by atoms with Crippen molar-refractivity contribution in [3.8, 4) is 0 Å². The molecule has 1 amide bonds. The molecule has 6 heteroatoms. The van der Waals surface area contributed by atoms with Crippen molar-refractivity contribution in [1.82, 2.24) is 10.3 Å². The van der Waals surface area contributed by atoms with E-state index in [0.717, 1.165) is 22.2 Å². The molecule has 0 bridgehead atoms. The summed E-state index contributed by atoms with van der Waals surface area (Å²) in [6, 6.07) is 16.7. The standard InChI is InChI=1S/C21H23N3O3/c1-24(16-8-4-3-5-9-16)14-20(25)23-19(21(26)27-2)12-15-13-22-18-11-7-6-10-17(15)18/h3-11,13,19,22H,12,14H2,1-2H3,(H,23,25). The van der Waals surface area contributed by atoms with E-state index in [4.69, 9.17) is 4.74 Å². The van der Waals surface area contributed by atoms with Crippen LogP contribution in [0.5, 0.6) is 0 Å². The van der Waals surface area contributed by atoms with E-state index in [1.54, 1.807) is 0 Å². The summed E-state index contributed by atoms with van der Waals surface area (Å²) in [6.45, 7) is 0.144. The van der Waals surface area contributed by atoms with Crippen LogP contribution in [0.25, 0.3) is 10.9 Å². The Kier molecular flexibility index (Phi) is 5.76. The number of hydrogen-bond acceptors (Lipinski definition) is 4. The number of carbonyl (C=O) groups excluding carboxylic acids is 2. The highest BCUT2D eigenvalue weighted by atomic mass is 16.5. The molecule has 2 N–H and O–H groups in total. The first-order chi connectivity index (χ1) is 13.1. The number of carbonyl (C=O) groups is 2. The molecule has 2 aromatic carbocycles. The molecule has 1 aromatic heterocycles. The smallest absolute Gasteiger partial charge is 0.328 e. The number of methoxy groups -OCH3 is 1. The Labute approximate surface area is 158 Å². The van der Waals surface area contributed by atoms with Crippen LogP contribution in [0.2, 0.25) is 0 Å². The minimum atomic E-state index is -0.745. The van der Waals surface area contributed by atoms with Crippen molar-refractivity contribution in [3.63, 3.8) is 0 Å². The van der Waals surface area contributed by atoms with Crippen LogP contribution in [0, 0.1) is 0 Å². The van der Waals surface area contributed by atoms with Gasteiger partial charge in [-0.05, 0) is 23.8 Å². The molecule has 1 heterocycles. The van der Waals surface area contributed by atoms with Crippen molar-refractivity contribution in [2.75, 3.05) is 25.6 Å². The van der Waals surface area contributed by atoms with Gasteiger partial charge in [-0.25, -0.2) is 4.79 Å². The van der Waals surface area contributed by atoms with Crippen LogP contribution < -0.4 is 10.2 Å². The molecule has 3 rings (SSSR count).